The number of aliphatic hydroxyl groups excluding tert-OH is 1. The van der Waals surface area contributed by atoms with Crippen molar-refractivity contribution in [1.29, 1.82) is 0 Å². The molecule has 1 aliphatic rings. The fraction of sp³-hybridized carbons (Fsp3) is 0.375. The molecule has 180 valence electrons. The van der Waals surface area contributed by atoms with Gasteiger partial charge in [0.15, 0.2) is 5.65 Å². The Hall–Kier alpha value is -2.78. The van der Waals surface area contributed by atoms with Gasteiger partial charge in [0.25, 0.3) is 0 Å². The summed E-state index contributed by atoms with van der Waals surface area (Å²) >= 11 is 6.57. The molecule has 0 bridgehead atoms. The summed E-state index contributed by atoms with van der Waals surface area (Å²) in [6.07, 6.45) is 11.9. The lowest BCUT2D eigenvalue weighted by atomic mass is 10.2. The number of rotatable bonds is 8. The molecule has 0 atom stereocenters. The number of aryl methyl sites for hydroxylation is 1. The summed E-state index contributed by atoms with van der Waals surface area (Å²) in [5.74, 6) is 0. The molecule has 0 radical (unpaired) electrons. The summed E-state index contributed by atoms with van der Waals surface area (Å²) in [7, 11) is 2.50. The van der Waals surface area contributed by atoms with Crippen molar-refractivity contribution < 1.29 is 5.11 Å². The first kappa shape index (κ1) is 28.3. The first-order chi connectivity index (χ1) is 16.1. The summed E-state index contributed by atoms with van der Waals surface area (Å²) in [5.41, 5.74) is 9.54. The van der Waals surface area contributed by atoms with Crippen LogP contribution in [0.2, 0.25) is 5.02 Å². The van der Waals surface area contributed by atoms with E-state index in [2.05, 4.69) is 50.6 Å². The number of fused-ring (bicyclic) bond motifs is 1. The first-order valence-electron chi connectivity index (χ1n) is 10.7. The smallest absolute Gasteiger partial charge is 0.156 e. The van der Waals surface area contributed by atoms with Crippen LogP contribution in [0.25, 0.3) is 11.3 Å². The molecule has 4 N–H and O–H groups in total. The number of hydrogen-bond donors (Lipinski definition) is 3. The summed E-state index contributed by atoms with van der Waals surface area (Å²) in [5, 5.41) is 10.8. The number of imidazole rings is 1. The van der Waals surface area contributed by atoms with Crippen molar-refractivity contribution in [3.8, 4) is 0 Å². The zero-order valence-corrected chi connectivity index (χ0v) is 20.8. The van der Waals surface area contributed by atoms with E-state index in [1.54, 1.807) is 12.4 Å². The molecule has 1 fully saturated rings. The first-order valence-corrected chi connectivity index (χ1v) is 11.1. The molecular formula is C24H36ClN7O. The number of nitrogens with two attached hydrogens (primary N) is 1. The van der Waals surface area contributed by atoms with Gasteiger partial charge in [-0.05, 0) is 78.0 Å². The van der Waals surface area contributed by atoms with E-state index in [0.717, 1.165) is 55.0 Å². The predicted octanol–water partition coefficient (Wildman–Crippen LogP) is 3.78. The molecule has 2 aromatic heterocycles. The Balaban J connectivity index is 0.00000129. The monoisotopic (exact) mass is 473 g/mol. The third-order valence-electron chi connectivity index (χ3n) is 4.88. The maximum Gasteiger partial charge on any atom is 0.156 e. The minimum absolute atomic E-state index is 0.637. The zero-order valence-electron chi connectivity index (χ0n) is 20.1. The third-order valence-corrected chi connectivity index (χ3v) is 5.15. The van der Waals surface area contributed by atoms with Crippen molar-refractivity contribution in [2.75, 3.05) is 27.2 Å². The molecule has 0 aromatic carbocycles. The number of halogens is 1. The largest absolute Gasteiger partial charge is 0.400 e. The Bertz CT molecular complexity index is 1000. The lowest BCUT2D eigenvalue weighted by Gasteiger charge is -2.15. The van der Waals surface area contributed by atoms with Crippen molar-refractivity contribution in [2.24, 2.45) is 15.7 Å². The van der Waals surface area contributed by atoms with Crippen LogP contribution in [-0.2, 0) is 6.54 Å². The molecule has 1 aliphatic heterocycles. The van der Waals surface area contributed by atoms with Crippen molar-refractivity contribution >= 4 is 36.4 Å². The van der Waals surface area contributed by atoms with E-state index in [1.165, 1.54) is 19.9 Å². The van der Waals surface area contributed by atoms with E-state index in [4.69, 9.17) is 16.7 Å². The van der Waals surface area contributed by atoms with E-state index >= 15 is 0 Å². The Kier molecular flexibility index (Phi) is 13.0. The van der Waals surface area contributed by atoms with Crippen LogP contribution in [0.15, 0.2) is 52.5 Å². The van der Waals surface area contributed by atoms with Crippen LogP contribution < -0.4 is 11.1 Å². The van der Waals surface area contributed by atoms with E-state index in [0.29, 0.717) is 10.7 Å². The quantitative estimate of drug-likeness (QED) is 0.400. The van der Waals surface area contributed by atoms with Crippen LogP contribution >= 0.6 is 11.6 Å². The molecule has 3 rings (SSSR count). The van der Waals surface area contributed by atoms with Crippen molar-refractivity contribution in [1.82, 2.24) is 19.6 Å². The molecule has 2 aromatic rings. The van der Waals surface area contributed by atoms with Crippen LogP contribution in [0.1, 0.15) is 36.7 Å². The summed E-state index contributed by atoms with van der Waals surface area (Å²) in [6, 6.07) is 2.01. The van der Waals surface area contributed by atoms with E-state index < -0.39 is 0 Å². The highest BCUT2D eigenvalue weighted by molar-refractivity contribution is 6.33. The molecule has 8 nitrogen and oxygen atoms in total. The standard InChI is InChI=1S/C22H27ClN6.CH5N.CH4O/c1-5-8-18(12-24-3)26-13-20(25-4)21-16(2)27-22-19(23)11-17(15-29(21)22)14-28-9-6-7-10-28;2*1-2/h5,8,11-13,15,26H,3-4,6-7,9-10,14H2,1-2H3;2H2,1H3;2H,1H3/b8-5-,18-12+,20-13-;;. The number of aliphatic hydroxyl groups is 1. The lowest BCUT2D eigenvalue weighted by Crippen LogP contribution is -2.18. The second kappa shape index (κ2) is 15.1. The van der Waals surface area contributed by atoms with Gasteiger partial charge in [-0.25, -0.2) is 4.98 Å². The van der Waals surface area contributed by atoms with Crippen LogP contribution in [0.4, 0.5) is 0 Å². The molecule has 0 unspecified atom stereocenters. The Morgan fingerprint density at radius 3 is 2.55 bits per heavy atom. The fourth-order valence-corrected chi connectivity index (χ4v) is 3.88. The SMILES string of the molecule is C=N/C=C(\C=C/C)N/C=C(\N=C)c1c(C)nc2c(Cl)cc(CN3CCCC3)cn12.CN.CO. The van der Waals surface area contributed by atoms with Crippen molar-refractivity contribution in [3.63, 3.8) is 0 Å². The van der Waals surface area contributed by atoms with Gasteiger partial charge in [0.2, 0.25) is 0 Å². The fourth-order valence-electron chi connectivity index (χ4n) is 3.61. The average Bonchev–Trinajstić information content (AvgIpc) is 3.45. The van der Waals surface area contributed by atoms with Gasteiger partial charge in [-0.1, -0.05) is 17.7 Å². The second-order valence-corrected chi connectivity index (χ2v) is 7.43. The van der Waals surface area contributed by atoms with Crippen LogP contribution in [0, 0.1) is 6.92 Å². The highest BCUT2D eigenvalue weighted by Gasteiger charge is 2.18. The molecule has 33 heavy (non-hydrogen) atoms. The normalized spacial score (nSPS) is 14.5. The molecule has 3 heterocycles. The van der Waals surface area contributed by atoms with Gasteiger partial charge in [0, 0.05) is 32.3 Å². The van der Waals surface area contributed by atoms with Gasteiger partial charge in [-0.15, -0.1) is 0 Å². The number of aromatic nitrogens is 2. The van der Waals surface area contributed by atoms with Gasteiger partial charge in [-0.3, -0.25) is 19.3 Å². The third kappa shape index (κ3) is 7.64. The Labute approximate surface area is 201 Å². The topological polar surface area (TPSA) is 104 Å². The second-order valence-electron chi connectivity index (χ2n) is 7.02. The molecule has 0 saturated carbocycles. The number of nitrogens with zero attached hydrogens (tertiary/aromatic N) is 5. The number of nitrogens with one attached hydrogen (secondary N) is 1. The molecule has 0 aliphatic carbocycles. The summed E-state index contributed by atoms with van der Waals surface area (Å²) in [6.45, 7) is 14.3. The Morgan fingerprint density at radius 1 is 1.30 bits per heavy atom. The number of allylic oxidation sites excluding steroid dienone is 2. The van der Waals surface area contributed by atoms with Gasteiger partial charge in [0.05, 0.1) is 22.1 Å². The number of pyridine rings is 1. The van der Waals surface area contributed by atoms with Gasteiger partial charge in [-0.2, -0.15) is 0 Å². The van der Waals surface area contributed by atoms with E-state index in [-0.39, 0.29) is 0 Å². The van der Waals surface area contributed by atoms with E-state index in [9.17, 15) is 0 Å². The highest BCUT2D eigenvalue weighted by atomic mass is 35.5. The zero-order chi connectivity index (χ0) is 24.8. The minimum Gasteiger partial charge on any atom is -0.400 e. The average molecular weight is 474 g/mol. The molecule has 0 amide bonds. The van der Waals surface area contributed by atoms with Crippen LogP contribution in [0.5, 0.6) is 0 Å². The number of aliphatic imine (C=N–C) groups is 2. The molecule has 9 heteroatoms. The van der Waals surface area contributed by atoms with Crippen LogP contribution in [-0.4, -0.2) is 60.1 Å². The van der Waals surface area contributed by atoms with Crippen molar-refractivity contribution in [2.45, 2.75) is 33.2 Å². The van der Waals surface area contributed by atoms with E-state index in [1.807, 2.05) is 36.5 Å². The maximum absolute atomic E-state index is 7.00. The lowest BCUT2D eigenvalue weighted by molar-refractivity contribution is 0.331. The van der Waals surface area contributed by atoms with Gasteiger partial charge >= 0.3 is 0 Å². The van der Waals surface area contributed by atoms with Crippen molar-refractivity contribution in [3.05, 3.63) is 64.5 Å². The molecule has 0 spiro atoms. The summed E-state index contributed by atoms with van der Waals surface area (Å²) in [4.78, 5) is 15.2. The Morgan fingerprint density at radius 2 is 1.97 bits per heavy atom. The minimum atomic E-state index is 0.637. The van der Waals surface area contributed by atoms with Crippen LogP contribution in [0.3, 0.4) is 0 Å². The molecule has 1 saturated heterocycles. The summed E-state index contributed by atoms with van der Waals surface area (Å²) < 4.78 is 2.01. The van der Waals surface area contributed by atoms with Gasteiger partial charge < -0.3 is 16.2 Å². The van der Waals surface area contributed by atoms with Gasteiger partial charge in [0.1, 0.15) is 5.70 Å². The number of hydrogen-bond acceptors (Lipinski definition) is 7. The number of likely N-dealkylation sites (tertiary alicyclic amines) is 1. The maximum atomic E-state index is 7.00. The highest BCUT2D eigenvalue weighted by Crippen LogP contribution is 2.27. The molecular weight excluding hydrogens is 438 g/mol. The predicted molar refractivity (Wildman–Crippen MR) is 141 cm³/mol.